The molecule has 13 heavy (non-hydrogen) atoms. The molecule has 2 heterocycles. The molecule has 1 aromatic rings. The van der Waals surface area contributed by atoms with Crippen LogP contribution in [0.4, 0.5) is 0 Å². The van der Waals surface area contributed by atoms with Gasteiger partial charge in [-0.2, -0.15) is 10.5 Å². The average molecular weight is 175 g/mol. The van der Waals surface area contributed by atoms with Gasteiger partial charge in [0.15, 0.2) is 5.84 Å². The maximum absolute atomic E-state index is 4.37. The second kappa shape index (κ2) is 2.73. The topological polar surface area (TPSA) is 44.3 Å². The first kappa shape index (κ1) is 8.04. The number of nitrogens with zero attached hydrogens (tertiary/aromatic N) is 4. The third kappa shape index (κ3) is 1.14. The van der Waals surface area contributed by atoms with Gasteiger partial charge in [0.05, 0.1) is 11.9 Å². The average Bonchev–Trinajstić information content (AvgIpc) is 2.70. The summed E-state index contributed by atoms with van der Waals surface area (Å²) in [5.74, 6) is 0.786. The SMILES string of the molecule is Cc1nn(C2=N[N]C=C2)c(C)c1C. The fourth-order valence-electron chi connectivity index (χ4n) is 1.28. The molecule has 0 aliphatic carbocycles. The summed E-state index contributed by atoms with van der Waals surface area (Å²) in [7, 11) is 0. The Hall–Kier alpha value is -1.58. The van der Waals surface area contributed by atoms with Crippen LogP contribution in [0.5, 0.6) is 0 Å². The number of hydrogen-bond acceptors (Lipinski definition) is 2. The summed E-state index contributed by atoms with van der Waals surface area (Å²) < 4.78 is 1.82. The minimum Gasteiger partial charge on any atom is -0.217 e. The lowest BCUT2D eigenvalue weighted by Gasteiger charge is -1.99. The Bertz CT molecular complexity index is 398. The Morgan fingerprint density at radius 1 is 1.23 bits per heavy atom. The van der Waals surface area contributed by atoms with Crippen molar-refractivity contribution in [1.82, 2.24) is 15.2 Å². The van der Waals surface area contributed by atoms with Crippen molar-refractivity contribution < 1.29 is 0 Å². The van der Waals surface area contributed by atoms with Crippen LogP contribution in [0.15, 0.2) is 17.4 Å². The quantitative estimate of drug-likeness (QED) is 0.582. The van der Waals surface area contributed by atoms with Gasteiger partial charge in [0.25, 0.3) is 0 Å². The molecule has 0 aromatic carbocycles. The lowest BCUT2D eigenvalue weighted by Crippen LogP contribution is -2.11. The highest BCUT2D eigenvalue weighted by molar-refractivity contribution is 5.95. The molecule has 4 nitrogen and oxygen atoms in total. The van der Waals surface area contributed by atoms with Crippen molar-refractivity contribution >= 4 is 5.84 Å². The second-order valence-corrected chi connectivity index (χ2v) is 3.10. The van der Waals surface area contributed by atoms with Crippen LogP contribution < -0.4 is 5.43 Å². The third-order valence-electron chi connectivity index (χ3n) is 2.32. The van der Waals surface area contributed by atoms with Gasteiger partial charge in [0.2, 0.25) is 0 Å². The van der Waals surface area contributed by atoms with E-state index in [2.05, 4.69) is 22.5 Å². The van der Waals surface area contributed by atoms with Crippen molar-refractivity contribution in [2.45, 2.75) is 20.8 Å². The number of aromatic nitrogens is 2. The standard InChI is InChI=1S/C9H11N4/c1-6-7(2)12-13(8(6)3)9-4-5-10-11-9/h4-5H,1-3H3. The van der Waals surface area contributed by atoms with Crippen molar-refractivity contribution in [2.24, 2.45) is 5.10 Å². The minimum absolute atomic E-state index is 0.786. The van der Waals surface area contributed by atoms with E-state index in [4.69, 9.17) is 0 Å². The Balaban J connectivity index is 2.52. The van der Waals surface area contributed by atoms with Gasteiger partial charge in [-0.1, -0.05) is 0 Å². The van der Waals surface area contributed by atoms with Crippen LogP contribution in [0.25, 0.3) is 0 Å². The van der Waals surface area contributed by atoms with Gasteiger partial charge < -0.3 is 0 Å². The molecule has 0 fully saturated rings. The molecule has 2 rings (SSSR count). The normalized spacial score (nSPS) is 14.5. The molecule has 1 radical (unpaired) electrons. The molecular formula is C9H11N4. The van der Waals surface area contributed by atoms with E-state index in [1.54, 1.807) is 6.20 Å². The molecule has 0 atom stereocenters. The van der Waals surface area contributed by atoms with E-state index in [-0.39, 0.29) is 0 Å². The molecule has 1 aliphatic rings. The van der Waals surface area contributed by atoms with Gasteiger partial charge in [0.1, 0.15) is 0 Å². The Kier molecular flexibility index (Phi) is 1.69. The van der Waals surface area contributed by atoms with Gasteiger partial charge in [0, 0.05) is 11.8 Å². The summed E-state index contributed by atoms with van der Waals surface area (Å²) in [5, 5.41) is 8.32. The lowest BCUT2D eigenvalue weighted by atomic mass is 10.2. The third-order valence-corrected chi connectivity index (χ3v) is 2.32. The zero-order valence-electron chi connectivity index (χ0n) is 7.94. The molecule has 0 saturated carbocycles. The molecule has 4 heteroatoms. The molecule has 0 unspecified atom stereocenters. The van der Waals surface area contributed by atoms with Gasteiger partial charge in [-0.3, -0.25) is 0 Å². The number of allylic oxidation sites excluding steroid dienone is 1. The second-order valence-electron chi connectivity index (χ2n) is 3.10. The van der Waals surface area contributed by atoms with Crippen molar-refractivity contribution in [3.05, 3.63) is 29.2 Å². The molecule has 0 amide bonds. The molecule has 0 N–H and O–H groups in total. The molecular weight excluding hydrogens is 164 g/mol. The summed E-state index contributed by atoms with van der Waals surface area (Å²) >= 11 is 0. The Morgan fingerprint density at radius 3 is 2.46 bits per heavy atom. The Labute approximate surface area is 76.9 Å². The van der Waals surface area contributed by atoms with Crippen LogP contribution in [0.2, 0.25) is 0 Å². The van der Waals surface area contributed by atoms with Gasteiger partial charge in [-0.25, -0.2) is 4.68 Å². The van der Waals surface area contributed by atoms with E-state index in [0.717, 1.165) is 17.2 Å². The van der Waals surface area contributed by atoms with Crippen LogP contribution in [-0.4, -0.2) is 15.6 Å². The highest BCUT2D eigenvalue weighted by atomic mass is 15.4. The summed E-state index contributed by atoms with van der Waals surface area (Å²) in [6.45, 7) is 6.09. The first-order valence-corrected chi connectivity index (χ1v) is 4.17. The molecule has 0 bridgehead atoms. The fourth-order valence-corrected chi connectivity index (χ4v) is 1.28. The summed E-state index contributed by atoms with van der Waals surface area (Å²) in [6.07, 6.45) is 3.51. The molecule has 1 aliphatic heterocycles. The Morgan fingerprint density at radius 2 is 2.00 bits per heavy atom. The first-order valence-electron chi connectivity index (χ1n) is 4.17. The van der Waals surface area contributed by atoms with Crippen molar-refractivity contribution in [3.63, 3.8) is 0 Å². The number of aryl methyl sites for hydroxylation is 1. The van der Waals surface area contributed by atoms with E-state index in [9.17, 15) is 0 Å². The van der Waals surface area contributed by atoms with Crippen LogP contribution >= 0.6 is 0 Å². The van der Waals surface area contributed by atoms with Crippen LogP contribution in [0, 0.1) is 20.8 Å². The predicted molar refractivity (Wildman–Crippen MR) is 50.5 cm³/mol. The largest absolute Gasteiger partial charge is 0.217 e. The van der Waals surface area contributed by atoms with Gasteiger partial charge in [-0.15, -0.1) is 5.10 Å². The first-order chi connectivity index (χ1) is 6.20. The van der Waals surface area contributed by atoms with Crippen LogP contribution in [0.1, 0.15) is 17.0 Å². The highest BCUT2D eigenvalue weighted by Crippen LogP contribution is 2.11. The van der Waals surface area contributed by atoms with E-state index in [1.165, 1.54) is 5.56 Å². The van der Waals surface area contributed by atoms with Crippen LogP contribution in [0.3, 0.4) is 0 Å². The molecule has 0 spiro atoms. The summed E-state index contributed by atoms with van der Waals surface area (Å²) in [4.78, 5) is 0. The van der Waals surface area contributed by atoms with Crippen molar-refractivity contribution in [2.75, 3.05) is 0 Å². The number of hydrogen-bond donors (Lipinski definition) is 0. The number of rotatable bonds is 0. The van der Waals surface area contributed by atoms with E-state index < -0.39 is 0 Å². The van der Waals surface area contributed by atoms with Crippen LogP contribution in [-0.2, 0) is 0 Å². The maximum atomic E-state index is 4.37. The fraction of sp³-hybridized carbons (Fsp3) is 0.333. The minimum atomic E-state index is 0.786. The summed E-state index contributed by atoms with van der Waals surface area (Å²) in [5.41, 5.74) is 7.14. The van der Waals surface area contributed by atoms with Crippen molar-refractivity contribution in [3.8, 4) is 0 Å². The van der Waals surface area contributed by atoms with Gasteiger partial charge >= 0.3 is 0 Å². The molecule has 67 valence electrons. The highest BCUT2D eigenvalue weighted by Gasteiger charge is 2.12. The van der Waals surface area contributed by atoms with E-state index in [1.807, 2.05) is 24.6 Å². The predicted octanol–water partition coefficient (Wildman–Crippen LogP) is 1.10. The van der Waals surface area contributed by atoms with Crippen molar-refractivity contribution in [1.29, 1.82) is 0 Å². The molecule has 1 aromatic heterocycles. The van der Waals surface area contributed by atoms with E-state index in [0.29, 0.717) is 0 Å². The van der Waals surface area contributed by atoms with E-state index >= 15 is 0 Å². The summed E-state index contributed by atoms with van der Waals surface area (Å²) in [6, 6.07) is 0. The smallest absolute Gasteiger partial charge is 0.177 e. The lowest BCUT2D eigenvalue weighted by molar-refractivity contribution is 0.864. The maximum Gasteiger partial charge on any atom is 0.177 e. The monoisotopic (exact) mass is 175 g/mol. The zero-order valence-corrected chi connectivity index (χ0v) is 7.94. The molecule has 0 saturated heterocycles. The van der Waals surface area contributed by atoms with Gasteiger partial charge in [-0.05, 0) is 26.3 Å². The zero-order chi connectivity index (χ0) is 9.42.